The predicted molar refractivity (Wildman–Crippen MR) is 120 cm³/mol. The summed E-state index contributed by atoms with van der Waals surface area (Å²) in [5, 5.41) is 14.0. The molecule has 10 nitrogen and oxygen atoms in total. The topological polar surface area (TPSA) is 133 Å². The third-order valence-electron chi connectivity index (χ3n) is 5.42. The molecule has 0 aliphatic heterocycles. The molecule has 2 aromatic carbocycles. The van der Waals surface area contributed by atoms with E-state index in [1.807, 2.05) is 0 Å². The maximum Gasteiger partial charge on any atom is 0.306 e. The Balaban J connectivity index is 1.37. The minimum absolute atomic E-state index is 0.0411. The Morgan fingerprint density at radius 1 is 1.24 bits per heavy atom. The molecule has 0 radical (unpaired) electrons. The number of non-ortho nitro benzene ring substituents is 1. The molecule has 1 saturated carbocycles. The van der Waals surface area contributed by atoms with Crippen molar-refractivity contribution in [2.24, 2.45) is 0 Å². The van der Waals surface area contributed by atoms with Gasteiger partial charge in [-0.1, -0.05) is 18.2 Å². The van der Waals surface area contributed by atoms with Gasteiger partial charge in [0, 0.05) is 24.6 Å². The lowest BCUT2D eigenvalue weighted by molar-refractivity contribution is -0.384. The van der Waals surface area contributed by atoms with E-state index in [1.54, 1.807) is 35.8 Å². The van der Waals surface area contributed by atoms with Crippen LogP contribution in [0.25, 0.3) is 10.9 Å². The molecule has 3 aromatic rings. The molecule has 1 N–H and O–H groups in total. The number of nitro benzene ring substituents is 1. The third-order valence-corrected chi connectivity index (χ3v) is 5.42. The first-order valence-corrected chi connectivity index (χ1v) is 10.5. The number of nitrogens with zero attached hydrogens (tertiary/aromatic N) is 3. The Morgan fingerprint density at radius 2 is 2.00 bits per heavy atom. The van der Waals surface area contributed by atoms with E-state index < -0.39 is 23.4 Å². The van der Waals surface area contributed by atoms with Crippen LogP contribution in [0, 0.1) is 17.0 Å². The van der Waals surface area contributed by atoms with Gasteiger partial charge in [0.2, 0.25) is 0 Å². The first kappa shape index (κ1) is 22.1. The van der Waals surface area contributed by atoms with Gasteiger partial charge in [0.15, 0.2) is 6.61 Å². The van der Waals surface area contributed by atoms with Gasteiger partial charge in [0.05, 0.1) is 27.9 Å². The van der Waals surface area contributed by atoms with E-state index in [0.29, 0.717) is 22.3 Å². The number of rotatable bonds is 8. The summed E-state index contributed by atoms with van der Waals surface area (Å²) in [6, 6.07) is 11.3. The van der Waals surface area contributed by atoms with Gasteiger partial charge in [-0.3, -0.25) is 29.1 Å². The highest BCUT2D eigenvalue weighted by Crippen LogP contribution is 2.35. The number of aryl methyl sites for hydroxylation is 2. The van der Waals surface area contributed by atoms with Crippen LogP contribution < -0.4 is 10.9 Å². The standard InChI is InChI=1S/C23H22N4O6/c1-14-6-7-16(27(31)32)12-19(14)25-21(28)13-33-22(29)11-10-20-24-18-5-3-2-4-17(18)23(30)26(20)15-8-9-15/h2-7,12,15H,8-11,13H2,1H3,(H,25,28). The number of carbonyl (C=O) groups excluding carboxylic acids is 2. The van der Waals surface area contributed by atoms with Crippen molar-refractivity contribution < 1.29 is 19.2 Å². The second-order valence-electron chi connectivity index (χ2n) is 7.92. The van der Waals surface area contributed by atoms with Crippen LogP contribution in [0.5, 0.6) is 0 Å². The molecule has 0 unspecified atom stereocenters. The van der Waals surface area contributed by atoms with Crippen LogP contribution in [0.15, 0.2) is 47.3 Å². The van der Waals surface area contributed by atoms with Gasteiger partial charge < -0.3 is 10.1 Å². The van der Waals surface area contributed by atoms with Gasteiger partial charge >= 0.3 is 5.97 Å². The van der Waals surface area contributed by atoms with Gasteiger partial charge in [-0.15, -0.1) is 0 Å². The zero-order valence-corrected chi connectivity index (χ0v) is 17.9. The van der Waals surface area contributed by atoms with Crippen molar-refractivity contribution in [1.29, 1.82) is 0 Å². The normalized spacial score (nSPS) is 13.0. The molecule has 1 heterocycles. The molecule has 0 spiro atoms. The second kappa shape index (κ2) is 9.19. The van der Waals surface area contributed by atoms with Crippen molar-refractivity contribution >= 4 is 34.2 Å². The number of para-hydroxylation sites is 1. The number of ether oxygens (including phenoxy) is 1. The van der Waals surface area contributed by atoms with Crippen molar-refractivity contribution in [3.8, 4) is 0 Å². The average molecular weight is 450 g/mol. The van der Waals surface area contributed by atoms with Crippen LogP contribution in [0.2, 0.25) is 0 Å². The summed E-state index contributed by atoms with van der Waals surface area (Å²) < 4.78 is 6.71. The molecule has 0 saturated heterocycles. The van der Waals surface area contributed by atoms with Crippen molar-refractivity contribution in [2.75, 3.05) is 11.9 Å². The van der Waals surface area contributed by atoms with E-state index in [0.717, 1.165) is 12.8 Å². The van der Waals surface area contributed by atoms with Crippen LogP contribution in [0.3, 0.4) is 0 Å². The first-order chi connectivity index (χ1) is 15.8. The maximum absolute atomic E-state index is 12.9. The number of amides is 1. The summed E-state index contributed by atoms with van der Waals surface area (Å²) in [5.41, 5.74) is 1.23. The number of nitro groups is 1. The number of benzene rings is 2. The highest BCUT2D eigenvalue weighted by molar-refractivity contribution is 5.93. The summed E-state index contributed by atoms with van der Waals surface area (Å²) in [6.07, 6.45) is 1.96. The van der Waals surface area contributed by atoms with Gasteiger partial charge in [-0.2, -0.15) is 0 Å². The molecule has 0 bridgehead atoms. The molecular weight excluding hydrogens is 428 g/mol. The number of aromatic nitrogens is 2. The summed E-state index contributed by atoms with van der Waals surface area (Å²) >= 11 is 0. The molecule has 170 valence electrons. The Bertz CT molecular complexity index is 1310. The largest absolute Gasteiger partial charge is 0.456 e. The highest BCUT2D eigenvalue weighted by Gasteiger charge is 2.28. The summed E-state index contributed by atoms with van der Waals surface area (Å²) in [5.74, 6) is -0.689. The average Bonchev–Trinajstić information content (AvgIpc) is 3.62. The van der Waals surface area contributed by atoms with E-state index >= 15 is 0 Å². The Morgan fingerprint density at radius 3 is 2.73 bits per heavy atom. The second-order valence-corrected chi connectivity index (χ2v) is 7.92. The van der Waals surface area contributed by atoms with E-state index in [1.165, 1.54) is 18.2 Å². The van der Waals surface area contributed by atoms with Crippen molar-refractivity contribution in [3.63, 3.8) is 0 Å². The lowest BCUT2D eigenvalue weighted by Crippen LogP contribution is -2.26. The van der Waals surface area contributed by atoms with Crippen molar-refractivity contribution in [2.45, 2.75) is 38.6 Å². The summed E-state index contributed by atoms with van der Waals surface area (Å²) in [7, 11) is 0. The summed E-state index contributed by atoms with van der Waals surface area (Å²) in [6.45, 7) is 1.17. The fourth-order valence-corrected chi connectivity index (χ4v) is 3.55. The number of fused-ring (bicyclic) bond motifs is 1. The van der Waals surface area contributed by atoms with Crippen LogP contribution in [-0.2, 0) is 20.7 Å². The monoisotopic (exact) mass is 450 g/mol. The molecule has 10 heteroatoms. The minimum Gasteiger partial charge on any atom is -0.456 e. The fourth-order valence-electron chi connectivity index (χ4n) is 3.55. The lowest BCUT2D eigenvalue weighted by Gasteiger charge is -2.13. The fraction of sp³-hybridized carbons (Fsp3) is 0.304. The molecule has 1 aliphatic rings. The van der Waals surface area contributed by atoms with E-state index in [9.17, 15) is 24.5 Å². The molecule has 1 aliphatic carbocycles. The van der Waals surface area contributed by atoms with Gasteiger partial charge in [0.1, 0.15) is 5.82 Å². The Kier molecular flexibility index (Phi) is 6.16. The molecule has 0 atom stereocenters. The number of nitrogens with one attached hydrogen (secondary N) is 1. The van der Waals surface area contributed by atoms with Gasteiger partial charge in [-0.05, 0) is 37.5 Å². The molecule has 33 heavy (non-hydrogen) atoms. The van der Waals surface area contributed by atoms with Crippen molar-refractivity contribution in [1.82, 2.24) is 9.55 Å². The first-order valence-electron chi connectivity index (χ1n) is 10.5. The highest BCUT2D eigenvalue weighted by atomic mass is 16.6. The third kappa shape index (κ3) is 5.05. The minimum atomic E-state index is -0.606. The molecule has 1 aromatic heterocycles. The number of carbonyl (C=O) groups is 2. The molecule has 4 rings (SSSR count). The Labute approximate surface area is 188 Å². The van der Waals surface area contributed by atoms with Crippen LogP contribution in [0.4, 0.5) is 11.4 Å². The Hall–Kier alpha value is -4.08. The van der Waals surface area contributed by atoms with Crippen LogP contribution in [-0.4, -0.2) is 33.0 Å². The quantitative estimate of drug-likeness (QED) is 0.317. The van der Waals surface area contributed by atoms with Gasteiger partial charge in [0.25, 0.3) is 17.2 Å². The van der Waals surface area contributed by atoms with E-state index in [-0.39, 0.29) is 35.8 Å². The number of hydrogen-bond acceptors (Lipinski definition) is 7. The zero-order valence-electron chi connectivity index (χ0n) is 17.9. The molecule has 1 amide bonds. The molecular formula is C23H22N4O6. The van der Waals surface area contributed by atoms with Crippen LogP contribution in [0.1, 0.15) is 36.7 Å². The van der Waals surface area contributed by atoms with E-state index in [4.69, 9.17) is 4.74 Å². The smallest absolute Gasteiger partial charge is 0.306 e. The predicted octanol–water partition coefficient (Wildman–Crippen LogP) is 3.06. The van der Waals surface area contributed by atoms with E-state index in [2.05, 4.69) is 10.3 Å². The zero-order chi connectivity index (χ0) is 23.5. The van der Waals surface area contributed by atoms with Gasteiger partial charge in [-0.25, -0.2) is 4.98 Å². The number of hydrogen-bond donors (Lipinski definition) is 1. The summed E-state index contributed by atoms with van der Waals surface area (Å²) in [4.78, 5) is 52.2. The maximum atomic E-state index is 12.9. The lowest BCUT2D eigenvalue weighted by atomic mass is 10.2. The van der Waals surface area contributed by atoms with Crippen molar-refractivity contribution in [3.05, 3.63) is 74.3 Å². The number of esters is 1. The SMILES string of the molecule is Cc1ccc([N+](=O)[O-])cc1NC(=O)COC(=O)CCc1nc2ccccc2c(=O)n1C1CC1. The molecule has 1 fully saturated rings. The number of anilines is 1. The van der Waals surface area contributed by atoms with Crippen LogP contribution >= 0.6 is 0 Å².